The minimum Gasteiger partial charge on any atom is -0.376 e. The predicted octanol–water partition coefficient (Wildman–Crippen LogP) is 2.80. The van der Waals surface area contributed by atoms with E-state index in [1.165, 1.54) is 11.3 Å². The predicted molar refractivity (Wildman–Crippen MR) is 104 cm³/mol. The number of hydrogen-bond acceptors (Lipinski definition) is 4. The number of carbonyl (C=O) groups excluding carboxylic acids is 1. The molecule has 3 rings (SSSR count). The van der Waals surface area contributed by atoms with Crippen LogP contribution < -0.4 is 15.5 Å². The van der Waals surface area contributed by atoms with Crippen LogP contribution in [0, 0.1) is 6.92 Å². The number of anilines is 3. The number of carbonyl (C=O) groups is 1. The highest BCUT2D eigenvalue weighted by Crippen LogP contribution is 2.19. The number of hydrogen-bond donors (Lipinski definition) is 2. The largest absolute Gasteiger partial charge is 0.376 e. The normalized spacial score (nSPS) is 15.0. The van der Waals surface area contributed by atoms with Crippen molar-refractivity contribution < 1.29 is 4.79 Å². The van der Waals surface area contributed by atoms with Crippen molar-refractivity contribution in [2.24, 2.45) is 0 Å². The van der Waals surface area contributed by atoms with E-state index in [9.17, 15) is 4.79 Å². The van der Waals surface area contributed by atoms with Crippen LogP contribution >= 0.6 is 0 Å². The molecular formula is C20H26N4O. The average Bonchev–Trinajstić information content (AvgIpc) is 2.63. The van der Waals surface area contributed by atoms with Gasteiger partial charge in [-0.15, -0.1) is 0 Å². The highest BCUT2D eigenvalue weighted by Gasteiger charge is 2.14. The summed E-state index contributed by atoms with van der Waals surface area (Å²) in [6, 6.07) is 16.1. The SMILES string of the molecule is Cc1ccc(NCC(=O)Nc2ccc(N3CCN(C)CC3)cc2)cc1. The molecule has 1 aliphatic heterocycles. The maximum atomic E-state index is 12.1. The maximum Gasteiger partial charge on any atom is 0.243 e. The number of amides is 1. The van der Waals surface area contributed by atoms with Crippen LogP contribution in [0.4, 0.5) is 17.1 Å². The van der Waals surface area contributed by atoms with E-state index in [2.05, 4.69) is 39.6 Å². The number of piperazine rings is 1. The minimum atomic E-state index is -0.0482. The summed E-state index contributed by atoms with van der Waals surface area (Å²) in [5, 5.41) is 6.07. The van der Waals surface area contributed by atoms with Gasteiger partial charge in [-0.1, -0.05) is 17.7 Å². The molecule has 0 aliphatic carbocycles. The van der Waals surface area contributed by atoms with E-state index < -0.39 is 0 Å². The topological polar surface area (TPSA) is 47.6 Å². The summed E-state index contributed by atoms with van der Waals surface area (Å²) in [6.07, 6.45) is 0. The third-order valence-corrected chi connectivity index (χ3v) is 4.52. The van der Waals surface area contributed by atoms with Gasteiger partial charge in [0.05, 0.1) is 6.54 Å². The number of nitrogens with one attached hydrogen (secondary N) is 2. The van der Waals surface area contributed by atoms with Crippen LogP contribution in [0.2, 0.25) is 0 Å². The molecule has 5 heteroatoms. The summed E-state index contributed by atoms with van der Waals surface area (Å²) in [5.41, 5.74) is 4.19. The Morgan fingerprint density at radius 1 is 0.920 bits per heavy atom. The molecule has 2 aromatic rings. The van der Waals surface area contributed by atoms with Gasteiger partial charge in [-0.2, -0.15) is 0 Å². The van der Waals surface area contributed by atoms with E-state index in [-0.39, 0.29) is 12.5 Å². The molecule has 0 atom stereocenters. The lowest BCUT2D eigenvalue weighted by Crippen LogP contribution is -2.44. The van der Waals surface area contributed by atoms with Gasteiger partial charge in [-0.25, -0.2) is 0 Å². The Balaban J connectivity index is 1.49. The molecule has 25 heavy (non-hydrogen) atoms. The van der Waals surface area contributed by atoms with E-state index in [0.29, 0.717) is 0 Å². The van der Waals surface area contributed by atoms with Crippen molar-refractivity contribution in [3.8, 4) is 0 Å². The van der Waals surface area contributed by atoms with Crippen LogP contribution in [-0.2, 0) is 4.79 Å². The van der Waals surface area contributed by atoms with Crippen LogP contribution in [0.1, 0.15) is 5.56 Å². The van der Waals surface area contributed by atoms with Crippen molar-refractivity contribution in [3.05, 3.63) is 54.1 Å². The molecule has 132 valence electrons. The van der Waals surface area contributed by atoms with Crippen molar-refractivity contribution in [2.75, 3.05) is 55.3 Å². The quantitative estimate of drug-likeness (QED) is 0.880. The number of nitrogens with zero attached hydrogens (tertiary/aromatic N) is 2. The third kappa shape index (κ3) is 4.97. The molecule has 2 aromatic carbocycles. The van der Waals surface area contributed by atoms with Gasteiger partial charge < -0.3 is 20.4 Å². The Kier molecular flexibility index (Phi) is 5.56. The van der Waals surface area contributed by atoms with E-state index >= 15 is 0 Å². The lowest BCUT2D eigenvalue weighted by atomic mass is 10.2. The van der Waals surface area contributed by atoms with Crippen LogP contribution in [0.15, 0.2) is 48.5 Å². The molecule has 0 spiro atoms. The van der Waals surface area contributed by atoms with Crippen molar-refractivity contribution in [2.45, 2.75) is 6.92 Å². The molecule has 1 fully saturated rings. The summed E-state index contributed by atoms with van der Waals surface area (Å²) in [4.78, 5) is 16.8. The molecule has 0 bridgehead atoms. The fourth-order valence-electron chi connectivity index (χ4n) is 2.88. The molecule has 5 nitrogen and oxygen atoms in total. The van der Waals surface area contributed by atoms with Crippen LogP contribution in [0.25, 0.3) is 0 Å². The zero-order chi connectivity index (χ0) is 17.6. The summed E-state index contributed by atoms with van der Waals surface area (Å²) in [5.74, 6) is -0.0482. The molecule has 0 aromatic heterocycles. The first-order chi connectivity index (χ1) is 12.1. The molecule has 1 heterocycles. The fraction of sp³-hybridized carbons (Fsp3) is 0.350. The Bertz CT molecular complexity index is 689. The summed E-state index contributed by atoms with van der Waals surface area (Å²) in [7, 11) is 2.15. The van der Waals surface area contributed by atoms with Gasteiger partial charge in [0.15, 0.2) is 0 Å². The van der Waals surface area contributed by atoms with Gasteiger partial charge in [-0.05, 0) is 50.4 Å². The van der Waals surface area contributed by atoms with Gasteiger partial charge in [0.25, 0.3) is 0 Å². The monoisotopic (exact) mass is 338 g/mol. The Hall–Kier alpha value is -2.53. The molecule has 1 amide bonds. The van der Waals surface area contributed by atoms with E-state index in [0.717, 1.165) is 37.6 Å². The molecule has 2 N–H and O–H groups in total. The van der Waals surface area contributed by atoms with E-state index in [1.807, 2.05) is 43.3 Å². The number of likely N-dealkylation sites (N-methyl/N-ethyl adjacent to an activating group) is 1. The first-order valence-electron chi connectivity index (χ1n) is 8.74. The molecular weight excluding hydrogens is 312 g/mol. The zero-order valence-corrected chi connectivity index (χ0v) is 15.0. The minimum absolute atomic E-state index is 0.0482. The van der Waals surface area contributed by atoms with Crippen LogP contribution in [0.5, 0.6) is 0 Å². The standard InChI is InChI=1S/C20H26N4O/c1-16-3-5-17(6-4-16)21-15-20(25)22-18-7-9-19(10-8-18)24-13-11-23(2)12-14-24/h3-10,21H,11-15H2,1-2H3,(H,22,25). The second kappa shape index (κ2) is 8.03. The van der Waals surface area contributed by atoms with Gasteiger partial charge in [0.2, 0.25) is 5.91 Å². The van der Waals surface area contributed by atoms with Gasteiger partial charge in [0.1, 0.15) is 0 Å². The first kappa shape index (κ1) is 17.3. The van der Waals surface area contributed by atoms with Gasteiger partial charge in [0, 0.05) is 43.2 Å². The highest BCUT2D eigenvalue weighted by molar-refractivity contribution is 5.93. The molecule has 1 aliphatic rings. The first-order valence-corrected chi connectivity index (χ1v) is 8.74. The Morgan fingerprint density at radius 2 is 1.52 bits per heavy atom. The van der Waals surface area contributed by atoms with Gasteiger partial charge >= 0.3 is 0 Å². The average molecular weight is 338 g/mol. The fourth-order valence-corrected chi connectivity index (χ4v) is 2.88. The number of rotatable bonds is 5. The van der Waals surface area contributed by atoms with Gasteiger partial charge in [-0.3, -0.25) is 4.79 Å². The lowest BCUT2D eigenvalue weighted by molar-refractivity contribution is -0.114. The Labute approximate surface area is 149 Å². The second-order valence-corrected chi connectivity index (χ2v) is 6.60. The molecule has 1 saturated heterocycles. The smallest absolute Gasteiger partial charge is 0.243 e. The van der Waals surface area contributed by atoms with Crippen LogP contribution in [-0.4, -0.2) is 50.6 Å². The van der Waals surface area contributed by atoms with Crippen molar-refractivity contribution >= 4 is 23.0 Å². The second-order valence-electron chi connectivity index (χ2n) is 6.60. The maximum absolute atomic E-state index is 12.1. The summed E-state index contributed by atoms with van der Waals surface area (Å²) < 4.78 is 0. The lowest BCUT2D eigenvalue weighted by Gasteiger charge is -2.34. The molecule has 0 saturated carbocycles. The van der Waals surface area contributed by atoms with Crippen molar-refractivity contribution in [1.82, 2.24) is 4.90 Å². The summed E-state index contributed by atoms with van der Waals surface area (Å²) >= 11 is 0. The zero-order valence-electron chi connectivity index (χ0n) is 15.0. The Morgan fingerprint density at radius 3 is 2.16 bits per heavy atom. The number of benzene rings is 2. The summed E-state index contributed by atoms with van der Waals surface area (Å²) in [6.45, 7) is 6.56. The number of aryl methyl sites for hydroxylation is 1. The van der Waals surface area contributed by atoms with E-state index in [4.69, 9.17) is 0 Å². The van der Waals surface area contributed by atoms with E-state index in [1.54, 1.807) is 0 Å². The van der Waals surface area contributed by atoms with Crippen LogP contribution in [0.3, 0.4) is 0 Å². The van der Waals surface area contributed by atoms with Crippen molar-refractivity contribution in [1.29, 1.82) is 0 Å². The third-order valence-electron chi connectivity index (χ3n) is 4.52. The van der Waals surface area contributed by atoms with Crippen molar-refractivity contribution in [3.63, 3.8) is 0 Å². The highest BCUT2D eigenvalue weighted by atomic mass is 16.1. The molecule has 0 radical (unpaired) electrons. The molecule has 0 unspecified atom stereocenters.